The Balaban J connectivity index is 2.30. The topological polar surface area (TPSA) is 48.5 Å². The molecule has 0 saturated heterocycles. The van der Waals surface area contributed by atoms with Crippen molar-refractivity contribution in [2.75, 3.05) is 0 Å². The summed E-state index contributed by atoms with van der Waals surface area (Å²) >= 11 is 0. The summed E-state index contributed by atoms with van der Waals surface area (Å²) in [4.78, 5) is 9.12. The fourth-order valence-corrected chi connectivity index (χ4v) is 2.56. The van der Waals surface area contributed by atoms with Gasteiger partial charge in [0.05, 0.1) is 6.04 Å². The molecular formula is C16H27N5. The fraction of sp³-hybridized carbons (Fsp3) is 0.688. The van der Waals surface area contributed by atoms with Crippen molar-refractivity contribution in [3.63, 3.8) is 0 Å². The van der Waals surface area contributed by atoms with Gasteiger partial charge in [-0.1, -0.05) is 27.2 Å². The normalized spacial score (nSPS) is 13.0. The molecule has 116 valence electrons. The van der Waals surface area contributed by atoms with Crippen molar-refractivity contribution in [3.8, 4) is 0 Å². The third-order valence-corrected chi connectivity index (χ3v) is 3.71. The highest BCUT2D eigenvalue weighted by Gasteiger charge is 2.19. The SMILES string of the molecule is CCCCn1nc(CC(C)C)nc1C(C)n1ccnc1C. The van der Waals surface area contributed by atoms with E-state index in [4.69, 9.17) is 10.1 Å². The molecule has 1 unspecified atom stereocenters. The second-order valence-electron chi connectivity index (χ2n) is 6.12. The third kappa shape index (κ3) is 3.71. The Bertz CT molecular complexity index is 567. The number of hydrogen-bond donors (Lipinski definition) is 0. The highest BCUT2D eigenvalue weighted by Crippen LogP contribution is 2.19. The van der Waals surface area contributed by atoms with Gasteiger partial charge in [-0.2, -0.15) is 5.10 Å². The summed E-state index contributed by atoms with van der Waals surface area (Å²) in [7, 11) is 0. The molecule has 5 heteroatoms. The van der Waals surface area contributed by atoms with E-state index in [-0.39, 0.29) is 6.04 Å². The monoisotopic (exact) mass is 289 g/mol. The lowest BCUT2D eigenvalue weighted by Gasteiger charge is -2.15. The minimum Gasteiger partial charge on any atom is -0.325 e. The predicted octanol–water partition coefficient (Wildman–Crippen LogP) is 3.39. The highest BCUT2D eigenvalue weighted by molar-refractivity contribution is 5.04. The van der Waals surface area contributed by atoms with E-state index in [1.165, 1.54) is 0 Å². The van der Waals surface area contributed by atoms with Gasteiger partial charge in [0.25, 0.3) is 0 Å². The van der Waals surface area contributed by atoms with Crippen molar-refractivity contribution in [2.45, 2.75) is 66.5 Å². The van der Waals surface area contributed by atoms with Crippen molar-refractivity contribution in [3.05, 3.63) is 29.9 Å². The summed E-state index contributed by atoms with van der Waals surface area (Å²) in [6.45, 7) is 11.7. The van der Waals surface area contributed by atoms with Crippen LogP contribution < -0.4 is 0 Å². The van der Waals surface area contributed by atoms with Crippen LogP contribution in [0, 0.1) is 12.8 Å². The molecule has 0 fully saturated rings. The average molecular weight is 289 g/mol. The van der Waals surface area contributed by atoms with Crippen LogP contribution in [0.2, 0.25) is 0 Å². The Hall–Kier alpha value is -1.65. The van der Waals surface area contributed by atoms with Gasteiger partial charge in [-0.3, -0.25) is 0 Å². The molecule has 0 bridgehead atoms. The number of unbranched alkanes of at least 4 members (excludes halogenated alkanes) is 1. The van der Waals surface area contributed by atoms with E-state index in [0.717, 1.165) is 43.3 Å². The number of hydrogen-bond acceptors (Lipinski definition) is 3. The number of rotatable bonds is 7. The zero-order valence-electron chi connectivity index (χ0n) is 13.9. The van der Waals surface area contributed by atoms with Crippen LogP contribution in [0.5, 0.6) is 0 Å². The first-order chi connectivity index (χ1) is 10.0. The third-order valence-electron chi connectivity index (χ3n) is 3.71. The molecule has 0 aliphatic heterocycles. The summed E-state index contributed by atoms with van der Waals surface area (Å²) in [5.74, 6) is 3.59. The molecule has 0 aliphatic rings. The summed E-state index contributed by atoms with van der Waals surface area (Å²) in [6.07, 6.45) is 7.08. The maximum atomic E-state index is 4.80. The summed E-state index contributed by atoms with van der Waals surface area (Å²) in [5.41, 5.74) is 0. The van der Waals surface area contributed by atoms with Crippen molar-refractivity contribution in [1.82, 2.24) is 24.3 Å². The standard InChI is InChI=1S/C16H27N5/c1-6-7-9-21-16(18-15(19-21)11-12(2)3)13(4)20-10-8-17-14(20)5/h8,10,12-13H,6-7,9,11H2,1-5H3. The second kappa shape index (κ2) is 6.87. The Labute approximate surface area is 127 Å². The lowest BCUT2D eigenvalue weighted by molar-refractivity contribution is 0.488. The molecule has 21 heavy (non-hydrogen) atoms. The van der Waals surface area contributed by atoms with Crippen LogP contribution in [0.3, 0.4) is 0 Å². The van der Waals surface area contributed by atoms with Gasteiger partial charge in [-0.15, -0.1) is 0 Å². The maximum Gasteiger partial charge on any atom is 0.151 e. The molecule has 5 nitrogen and oxygen atoms in total. The smallest absolute Gasteiger partial charge is 0.151 e. The molecule has 0 radical (unpaired) electrons. The minimum atomic E-state index is 0.165. The first-order valence-corrected chi connectivity index (χ1v) is 7.96. The molecular weight excluding hydrogens is 262 g/mol. The maximum absolute atomic E-state index is 4.80. The van der Waals surface area contributed by atoms with Gasteiger partial charge < -0.3 is 4.57 Å². The average Bonchev–Trinajstić information content (AvgIpc) is 3.01. The predicted molar refractivity (Wildman–Crippen MR) is 84.2 cm³/mol. The van der Waals surface area contributed by atoms with Crippen molar-refractivity contribution < 1.29 is 0 Å². The zero-order chi connectivity index (χ0) is 15.4. The first-order valence-electron chi connectivity index (χ1n) is 7.96. The van der Waals surface area contributed by atoms with Gasteiger partial charge in [-0.25, -0.2) is 14.6 Å². The van der Waals surface area contributed by atoms with Gasteiger partial charge in [0, 0.05) is 25.4 Å². The highest BCUT2D eigenvalue weighted by atomic mass is 15.4. The van der Waals surface area contributed by atoms with Gasteiger partial charge in [0.1, 0.15) is 11.6 Å². The summed E-state index contributed by atoms with van der Waals surface area (Å²) < 4.78 is 4.25. The summed E-state index contributed by atoms with van der Waals surface area (Å²) in [6, 6.07) is 0.165. The Morgan fingerprint density at radius 3 is 2.57 bits per heavy atom. The number of aryl methyl sites for hydroxylation is 2. The van der Waals surface area contributed by atoms with Crippen molar-refractivity contribution >= 4 is 0 Å². The molecule has 0 aliphatic carbocycles. The van der Waals surface area contributed by atoms with Crippen LogP contribution in [0.15, 0.2) is 12.4 Å². The van der Waals surface area contributed by atoms with Crippen molar-refractivity contribution in [1.29, 1.82) is 0 Å². The molecule has 2 rings (SSSR count). The van der Waals surface area contributed by atoms with Crippen LogP contribution in [0.1, 0.15) is 64.1 Å². The van der Waals surface area contributed by atoms with Gasteiger partial charge in [-0.05, 0) is 26.2 Å². The number of imidazole rings is 1. The second-order valence-corrected chi connectivity index (χ2v) is 6.12. The lowest BCUT2D eigenvalue weighted by Crippen LogP contribution is -2.15. The van der Waals surface area contributed by atoms with E-state index in [9.17, 15) is 0 Å². The van der Waals surface area contributed by atoms with Crippen LogP contribution in [-0.2, 0) is 13.0 Å². The van der Waals surface area contributed by atoms with Crippen molar-refractivity contribution in [2.24, 2.45) is 5.92 Å². The Morgan fingerprint density at radius 1 is 1.24 bits per heavy atom. The van der Waals surface area contributed by atoms with Crippen LogP contribution in [0.25, 0.3) is 0 Å². The molecule has 0 saturated carbocycles. The molecule has 2 aromatic heterocycles. The van der Waals surface area contributed by atoms with Gasteiger partial charge in [0.15, 0.2) is 5.82 Å². The van der Waals surface area contributed by atoms with Crippen LogP contribution in [0.4, 0.5) is 0 Å². The molecule has 2 heterocycles. The number of aromatic nitrogens is 5. The lowest BCUT2D eigenvalue weighted by atomic mass is 10.1. The van der Waals surface area contributed by atoms with E-state index < -0.39 is 0 Å². The molecule has 0 aromatic carbocycles. The van der Waals surface area contributed by atoms with Gasteiger partial charge in [0.2, 0.25) is 0 Å². The van der Waals surface area contributed by atoms with Crippen LogP contribution in [-0.4, -0.2) is 24.3 Å². The largest absolute Gasteiger partial charge is 0.325 e. The van der Waals surface area contributed by atoms with Crippen LogP contribution >= 0.6 is 0 Å². The molecule has 2 aromatic rings. The number of nitrogens with zero attached hydrogens (tertiary/aromatic N) is 5. The van der Waals surface area contributed by atoms with E-state index in [1.807, 2.05) is 19.3 Å². The molecule has 0 spiro atoms. The fourth-order valence-electron chi connectivity index (χ4n) is 2.56. The zero-order valence-corrected chi connectivity index (χ0v) is 13.9. The molecule has 0 amide bonds. The Morgan fingerprint density at radius 2 is 2.00 bits per heavy atom. The van der Waals surface area contributed by atoms with E-state index in [1.54, 1.807) is 0 Å². The Kier molecular flexibility index (Phi) is 5.15. The first kappa shape index (κ1) is 15.7. The quantitative estimate of drug-likeness (QED) is 0.785. The van der Waals surface area contributed by atoms with E-state index in [2.05, 4.69) is 41.9 Å². The van der Waals surface area contributed by atoms with E-state index >= 15 is 0 Å². The summed E-state index contributed by atoms with van der Waals surface area (Å²) in [5, 5.41) is 4.72. The van der Waals surface area contributed by atoms with E-state index in [0.29, 0.717) is 5.92 Å². The minimum absolute atomic E-state index is 0.165. The molecule has 1 atom stereocenters. The van der Waals surface area contributed by atoms with Gasteiger partial charge >= 0.3 is 0 Å². The molecule has 0 N–H and O–H groups in total.